The molecular formula is C10H16N4. The number of aliphatic imine (C=N–C) groups is 1. The van der Waals surface area contributed by atoms with Crippen LogP contribution in [0.25, 0.3) is 0 Å². The monoisotopic (exact) mass is 192 g/mol. The fourth-order valence-corrected chi connectivity index (χ4v) is 1.28. The molecule has 1 aromatic carbocycles. The number of hydrazine groups is 1. The van der Waals surface area contributed by atoms with Crippen molar-refractivity contribution in [1.82, 2.24) is 5.43 Å². The van der Waals surface area contributed by atoms with Crippen LogP contribution in [-0.2, 0) is 6.42 Å². The average Bonchev–Trinajstić information content (AvgIpc) is 2.19. The zero-order chi connectivity index (χ0) is 10.4. The molecule has 0 aliphatic rings. The molecule has 0 bridgehead atoms. The van der Waals surface area contributed by atoms with Crippen molar-refractivity contribution < 1.29 is 0 Å². The van der Waals surface area contributed by atoms with Gasteiger partial charge in [-0.1, -0.05) is 30.3 Å². The second kappa shape index (κ2) is 5.24. The molecule has 0 amide bonds. The zero-order valence-electron chi connectivity index (χ0n) is 8.27. The molecule has 5 N–H and O–H groups in total. The lowest BCUT2D eigenvalue weighted by atomic mass is 10.1. The van der Waals surface area contributed by atoms with E-state index in [0.29, 0.717) is 0 Å². The van der Waals surface area contributed by atoms with E-state index in [1.807, 2.05) is 25.1 Å². The van der Waals surface area contributed by atoms with Gasteiger partial charge in [-0.25, -0.2) is 10.8 Å². The van der Waals surface area contributed by atoms with Crippen molar-refractivity contribution in [2.75, 3.05) is 0 Å². The molecule has 0 heterocycles. The minimum atomic E-state index is 0.133. The number of rotatable bonds is 3. The van der Waals surface area contributed by atoms with Gasteiger partial charge in [0.15, 0.2) is 0 Å². The number of nitrogens with one attached hydrogen (secondary N) is 1. The first-order valence-electron chi connectivity index (χ1n) is 4.56. The number of nitrogens with zero attached hydrogens (tertiary/aromatic N) is 1. The quantitative estimate of drug-likeness (QED) is 0.281. The largest absolute Gasteiger partial charge is 0.369 e. The molecule has 1 aromatic rings. The van der Waals surface area contributed by atoms with E-state index in [-0.39, 0.29) is 12.0 Å². The van der Waals surface area contributed by atoms with Gasteiger partial charge in [0.05, 0.1) is 6.04 Å². The first-order chi connectivity index (χ1) is 6.72. The van der Waals surface area contributed by atoms with E-state index in [4.69, 9.17) is 11.6 Å². The Morgan fingerprint density at radius 3 is 2.64 bits per heavy atom. The summed E-state index contributed by atoms with van der Waals surface area (Å²) in [6.45, 7) is 2.00. The summed E-state index contributed by atoms with van der Waals surface area (Å²) in [7, 11) is 0. The lowest BCUT2D eigenvalue weighted by molar-refractivity contribution is 0.730. The van der Waals surface area contributed by atoms with E-state index < -0.39 is 0 Å². The number of hydrogen-bond acceptors (Lipinski definition) is 2. The Hall–Kier alpha value is -1.55. The van der Waals surface area contributed by atoms with Crippen LogP contribution in [0.15, 0.2) is 35.3 Å². The van der Waals surface area contributed by atoms with Crippen molar-refractivity contribution in [2.24, 2.45) is 16.6 Å². The normalized spacial score (nSPS) is 13.7. The van der Waals surface area contributed by atoms with Crippen molar-refractivity contribution in [3.63, 3.8) is 0 Å². The molecule has 1 unspecified atom stereocenters. The first kappa shape index (κ1) is 10.5. The summed E-state index contributed by atoms with van der Waals surface area (Å²) >= 11 is 0. The van der Waals surface area contributed by atoms with Crippen LogP contribution in [0.2, 0.25) is 0 Å². The maximum Gasteiger partial charge on any atom is 0.203 e. The van der Waals surface area contributed by atoms with Crippen molar-refractivity contribution in [3.05, 3.63) is 35.9 Å². The summed E-state index contributed by atoms with van der Waals surface area (Å²) in [4.78, 5) is 4.15. The zero-order valence-corrected chi connectivity index (χ0v) is 8.27. The van der Waals surface area contributed by atoms with Crippen LogP contribution >= 0.6 is 0 Å². The molecule has 4 heteroatoms. The molecule has 0 fully saturated rings. The maximum atomic E-state index is 5.44. The van der Waals surface area contributed by atoms with Gasteiger partial charge in [0.25, 0.3) is 0 Å². The van der Waals surface area contributed by atoms with Crippen LogP contribution in [-0.4, -0.2) is 12.0 Å². The summed E-state index contributed by atoms with van der Waals surface area (Å²) < 4.78 is 0. The summed E-state index contributed by atoms with van der Waals surface area (Å²) in [6, 6.07) is 10.3. The van der Waals surface area contributed by atoms with Crippen LogP contribution < -0.4 is 17.0 Å². The Labute approximate surface area is 84.0 Å². The number of hydrogen-bond donors (Lipinski definition) is 3. The van der Waals surface area contributed by atoms with E-state index in [0.717, 1.165) is 6.42 Å². The van der Waals surface area contributed by atoms with E-state index in [1.54, 1.807) is 0 Å². The standard InChI is InChI=1S/C10H16N4/c1-8(13-10(11)14-12)7-9-5-3-2-4-6-9/h2-6,8H,7,12H2,1H3,(H3,11,13,14). The molecule has 0 radical (unpaired) electrons. The molecule has 0 saturated carbocycles. The Morgan fingerprint density at radius 2 is 2.07 bits per heavy atom. The minimum Gasteiger partial charge on any atom is -0.369 e. The highest BCUT2D eigenvalue weighted by Gasteiger charge is 2.01. The third kappa shape index (κ3) is 3.45. The predicted molar refractivity (Wildman–Crippen MR) is 58.6 cm³/mol. The minimum absolute atomic E-state index is 0.133. The number of guanidine groups is 1. The van der Waals surface area contributed by atoms with Gasteiger partial charge in [0.1, 0.15) is 0 Å². The van der Waals surface area contributed by atoms with E-state index in [2.05, 4.69) is 22.6 Å². The topological polar surface area (TPSA) is 76.4 Å². The summed E-state index contributed by atoms with van der Waals surface area (Å²) in [5.41, 5.74) is 8.99. The van der Waals surface area contributed by atoms with Crippen LogP contribution in [0.4, 0.5) is 0 Å². The van der Waals surface area contributed by atoms with Gasteiger partial charge >= 0.3 is 0 Å². The number of benzene rings is 1. The van der Waals surface area contributed by atoms with Gasteiger partial charge in [-0.3, -0.25) is 5.43 Å². The van der Waals surface area contributed by atoms with Gasteiger partial charge < -0.3 is 5.73 Å². The Kier molecular flexibility index (Phi) is 3.94. The molecule has 0 aliphatic carbocycles. The molecule has 4 nitrogen and oxygen atoms in total. The molecule has 0 saturated heterocycles. The van der Waals surface area contributed by atoms with E-state index >= 15 is 0 Å². The van der Waals surface area contributed by atoms with Gasteiger partial charge in [-0.15, -0.1) is 0 Å². The Balaban J connectivity index is 2.53. The van der Waals surface area contributed by atoms with Gasteiger partial charge in [-0.05, 0) is 18.9 Å². The summed E-state index contributed by atoms with van der Waals surface area (Å²) in [5.74, 6) is 5.38. The highest BCUT2D eigenvalue weighted by molar-refractivity contribution is 5.77. The molecule has 0 aliphatic heterocycles. The van der Waals surface area contributed by atoms with Gasteiger partial charge in [0, 0.05) is 0 Å². The third-order valence-electron chi connectivity index (χ3n) is 1.88. The van der Waals surface area contributed by atoms with Crippen LogP contribution in [0.5, 0.6) is 0 Å². The lowest BCUT2D eigenvalue weighted by Gasteiger charge is -2.07. The first-order valence-corrected chi connectivity index (χ1v) is 4.56. The van der Waals surface area contributed by atoms with Crippen molar-refractivity contribution >= 4 is 5.96 Å². The van der Waals surface area contributed by atoms with Gasteiger partial charge in [-0.2, -0.15) is 0 Å². The molecule has 14 heavy (non-hydrogen) atoms. The summed E-state index contributed by atoms with van der Waals surface area (Å²) in [6.07, 6.45) is 0.864. The predicted octanol–water partition coefficient (Wildman–Crippen LogP) is 0.396. The maximum absolute atomic E-state index is 5.44. The third-order valence-corrected chi connectivity index (χ3v) is 1.88. The SMILES string of the molecule is CC(Cc1ccccc1)N=C(N)NN. The van der Waals surface area contributed by atoms with Crippen LogP contribution in [0, 0.1) is 0 Å². The molecule has 0 spiro atoms. The highest BCUT2D eigenvalue weighted by atomic mass is 15.3. The van der Waals surface area contributed by atoms with Gasteiger partial charge in [0.2, 0.25) is 5.96 Å². The van der Waals surface area contributed by atoms with Crippen LogP contribution in [0.3, 0.4) is 0 Å². The van der Waals surface area contributed by atoms with Crippen molar-refractivity contribution in [1.29, 1.82) is 0 Å². The molecule has 1 rings (SSSR count). The van der Waals surface area contributed by atoms with E-state index in [9.17, 15) is 0 Å². The highest BCUT2D eigenvalue weighted by Crippen LogP contribution is 2.04. The van der Waals surface area contributed by atoms with Crippen LogP contribution in [0.1, 0.15) is 12.5 Å². The lowest BCUT2D eigenvalue weighted by Crippen LogP contribution is -2.38. The van der Waals surface area contributed by atoms with Crippen molar-refractivity contribution in [2.45, 2.75) is 19.4 Å². The average molecular weight is 192 g/mol. The fourth-order valence-electron chi connectivity index (χ4n) is 1.28. The van der Waals surface area contributed by atoms with Crippen molar-refractivity contribution in [3.8, 4) is 0 Å². The second-order valence-electron chi connectivity index (χ2n) is 3.20. The number of nitrogens with two attached hydrogens (primary N) is 2. The Bertz CT molecular complexity index is 294. The molecule has 0 aromatic heterocycles. The molecular weight excluding hydrogens is 176 g/mol. The Morgan fingerprint density at radius 1 is 1.43 bits per heavy atom. The smallest absolute Gasteiger partial charge is 0.203 e. The summed E-state index contributed by atoms with van der Waals surface area (Å²) in [5, 5.41) is 0. The molecule has 76 valence electrons. The fraction of sp³-hybridized carbons (Fsp3) is 0.300. The molecule has 1 atom stereocenters. The van der Waals surface area contributed by atoms with E-state index in [1.165, 1.54) is 5.56 Å². The second-order valence-corrected chi connectivity index (χ2v) is 3.20.